The van der Waals surface area contributed by atoms with Crippen molar-refractivity contribution in [3.05, 3.63) is 59.4 Å². The molecule has 4 aromatic heterocycles. The first-order chi connectivity index (χ1) is 16.5. The van der Waals surface area contributed by atoms with Crippen molar-refractivity contribution in [2.45, 2.75) is 39.2 Å². The number of benzene rings is 1. The highest BCUT2D eigenvalue weighted by molar-refractivity contribution is 6.35. The average molecular weight is 481 g/mol. The number of H-pyrrole nitrogens is 1. The van der Waals surface area contributed by atoms with Gasteiger partial charge >= 0.3 is 0 Å². The molecule has 0 saturated heterocycles. The van der Waals surface area contributed by atoms with E-state index in [1.165, 1.54) is 25.5 Å². The SMILES string of the molecule is C1CC1.Cc1nccn1C(C)c1c(F)c(Cl)c(-c2cn3cc(NC=O)nc3cn2)c2cn[nH]c12. The minimum Gasteiger partial charge on any atom is -0.328 e. The van der Waals surface area contributed by atoms with Gasteiger partial charge < -0.3 is 14.3 Å². The summed E-state index contributed by atoms with van der Waals surface area (Å²) < 4.78 is 19.2. The number of nitrogens with zero attached hydrogens (tertiary/aromatic N) is 6. The first kappa shape index (κ1) is 22.0. The number of hydrogen-bond acceptors (Lipinski definition) is 5. The molecule has 1 amide bonds. The smallest absolute Gasteiger partial charge is 0.212 e. The van der Waals surface area contributed by atoms with Gasteiger partial charge in [-0.2, -0.15) is 5.10 Å². The maximum absolute atomic E-state index is 15.6. The Morgan fingerprint density at radius 2 is 2.03 bits per heavy atom. The van der Waals surface area contributed by atoms with Crippen LogP contribution in [-0.4, -0.2) is 40.5 Å². The summed E-state index contributed by atoms with van der Waals surface area (Å²) in [4.78, 5) is 23.5. The third-order valence-electron chi connectivity index (χ3n) is 5.68. The molecule has 1 fully saturated rings. The van der Waals surface area contributed by atoms with Crippen LogP contribution in [0.1, 0.15) is 43.6 Å². The Balaban J connectivity index is 0.000000745. The molecule has 6 rings (SSSR count). The highest BCUT2D eigenvalue weighted by atomic mass is 35.5. The zero-order valence-electron chi connectivity index (χ0n) is 18.6. The Bertz CT molecular complexity index is 1500. The zero-order valence-corrected chi connectivity index (χ0v) is 19.3. The van der Waals surface area contributed by atoms with Crippen molar-refractivity contribution in [2.75, 3.05) is 5.32 Å². The molecule has 1 aliphatic rings. The number of imidazole rings is 2. The average Bonchev–Trinajstić information content (AvgIpc) is 3.36. The van der Waals surface area contributed by atoms with Crippen LogP contribution in [0.3, 0.4) is 0 Å². The topological polar surface area (TPSA) is 106 Å². The predicted molar refractivity (Wildman–Crippen MR) is 127 cm³/mol. The second-order valence-corrected chi connectivity index (χ2v) is 8.50. The van der Waals surface area contributed by atoms with Crippen molar-refractivity contribution in [3.63, 3.8) is 0 Å². The van der Waals surface area contributed by atoms with E-state index in [0.29, 0.717) is 45.6 Å². The van der Waals surface area contributed by atoms with Gasteiger partial charge in [0, 0.05) is 35.1 Å². The number of aromatic nitrogens is 7. The van der Waals surface area contributed by atoms with Gasteiger partial charge in [0.25, 0.3) is 0 Å². The number of rotatable bonds is 5. The summed E-state index contributed by atoms with van der Waals surface area (Å²) in [6.45, 7) is 3.73. The Labute approximate surface area is 199 Å². The number of amides is 1. The molecule has 0 radical (unpaired) electrons. The minimum absolute atomic E-state index is 0.0493. The van der Waals surface area contributed by atoms with Crippen LogP contribution in [0.2, 0.25) is 5.02 Å². The van der Waals surface area contributed by atoms with Crippen LogP contribution in [0.25, 0.3) is 27.8 Å². The fourth-order valence-corrected chi connectivity index (χ4v) is 4.17. The van der Waals surface area contributed by atoms with Crippen LogP contribution in [0, 0.1) is 12.7 Å². The third kappa shape index (κ3) is 3.90. The fraction of sp³-hybridized carbons (Fsp3) is 0.261. The first-order valence-electron chi connectivity index (χ1n) is 10.9. The molecule has 174 valence electrons. The highest BCUT2D eigenvalue weighted by Crippen LogP contribution is 2.41. The number of carbonyl (C=O) groups is 1. The van der Waals surface area contributed by atoms with Gasteiger partial charge in [0.2, 0.25) is 6.41 Å². The van der Waals surface area contributed by atoms with Crippen molar-refractivity contribution in [2.24, 2.45) is 0 Å². The van der Waals surface area contributed by atoms with E-state index >= 15 is 4.39 Å². The summed E-state index contributed by atoms with van der Waals surface area (Å²) in [5.41, 5.74) is 2.31. The van der Waals surface area contributed by atoms with Crippen LogP contribution in [0.4, 0.5) is 10.2 Å². The lowest BCUT2D eigenvalue weighted by molar-refractivity contribution is -0.105. The molecule has 5 aromatic rings. The summed E-state index contributed by atoms with van der Waals surface area (Å²) >= 11 is 6.56. The lowest BCUT2D eigenvalue weighted by atomic mass is 9.98. The molecule has 0 aliphatic heterocycles. The lowest BCUT2D eigenvalue weighted by Gasteiger charge is -2.19. The molecule has 2 N–H and O–H groups in total. The van der Waals surface area contributed by atoms with E-state index in [2.05, 4.69) is 30.5 Å². The summed E-state index contributed by atoms with van der Waals surface area (Å²) in [5.74, 6) is 0.580. The van der Waals surface area contributed by atoms with E-state index in [-0.39, 0.29) is 11.1 Å². The van der Waals surface area contributed by atoms with Crippen molar-refractivity contribution < 1.29 is 9.18 Å². The molecule has 1 aliphatic carbocycles. The van der Waals surface area contributed by atoms with Crippen LogP contribution < -0.4 is 5.32 Å². The van der Waals surface area contributed by atoms with E-state index in [9.17, 15) is 4.79 Å². The summed E-state index contributed by atoms with van der Waals surface area (Å²) in [6, 6.07) is -0.363. The minimum atomic E-state index is -0.551. The number of anilines is 1. The number of hydrogen-bond donors (Lipinski definition) is 2. The Morgan fingerprint density at radius 3 is 2.71 bits per heavy atom. The van der Waals surface area contributed by atoms with E-state index in [4.69, 9.17) is 11.6 Å². The standard InChI is InChI=1S/C20H16ClFN8O.C3H6/c1-10(30-4-3-23-11(30)2)16-19(22)18(21)17(12-5-26-28-20(12)16)13-7-29-8-14(25-9-31)27-15(29)6-24-13;1-2-3-1/h3-10H,1-2H3,(H,25,31)(H,26,28);1-3H2. The predicted octanol–water partition coefficient (Wildman–Crippen LogP) is 4.92. The Kier molecular flexibility index (Phi) is 5.74. The number of aromatic amines is 1. The van der Waals surface area contributed by atoms with Gasteiger partial charge in [-0.1, -0.05) is 30.9 Å². The number of fused-ring (bicyclic) bond motifs is 2. The number of carbonyl (C=O) groups excluding carboxylic acids is 1. The van der Waals surface area contributed by atoms with Crippen molar-refractivity contribution >= 4 is 40.4 Å². The van der Waals surface area contributed by atoms with E-state index < -0.39 is 5.82 Å². The Morgan fingerprint density at radius 1 is 1.24 bits per heavy atom. The largest absolute Gasteiger partial charge is 0.328 e. The molecular weight excluding hydrogens is 459 g/mol. The maximum atomic E-state index is 15.6. The Hall–Kier alpha value is -3.79. The second-order valence-electron chi connectivity index (χ2n) is 8.12. The summed E-state index contributed by atoms with van der Waals surface area (Å²) in [6.07, 6.45) is 14.9. The summed E-state index contributed by atoms with van der Waals surface area (Å²) in [5, 5.41) is 10.1. The molecule has 4 heterocycles. The normalized spacial score (nSPS) is 13.5. The molecule has 1 saturated carbocycles. The molecular formula is C23H22ClFN8O. The summed E-state index contributed by atoms with van der Waals surface area (Å²) in [7, 11) is 0. The van der Waals surface area contributed by atoms with E-state index in [0.717, 1.165) is 5.82 Å². The van der Waals surface area contributed by atoms with E-state index in [1.54, 1.807) is 35.4 Å². The number of nitrogens with one attached hydrogen (secondary N) is 2. The van der Waals surface area contributed by atoms with Gasteiger partial charge in [0.15, 0.2) is 11.5 Å². The highest BCUT2D eigenvalue weighted by Gasteiger charge is 2.26. The van der Waals surface area contributed by atoms with Gasteiger partial charge in [-0.25, -0.2) is 14.4 Å². The molecule has 0 bridgehead atoms. The number of aryl methyl sites for hydroxylation is 1. The molecule has 1 unspecified atom stereocenters. The monoisotopic (exact) mass is 480 g/mol. The molecule has 9 nitrogen and oxygen atoms in total. The van der Waals surface area contributed by atoms with Crippen molar-refractivity contribution in [1.29, 1.82) is 0 Å². The molecule has 34 heavy (non-hydrogen) atoms. The van der Waals surface area contributed by atoms with E-state index in [1.807, 2.05) is 18.4 Å². The van der Waals surface area contributed by atoms with Gasteiger partial charge in [0.1, 0.15) is 11.6 Å². The third-order valence-corrected chi connectivity index (χ3v) is 6.04. The molecule has 0 spiro atoms. The van der Waals surface area contributed by atoms with Crippen molar-refractivity contribution in [1.82, 2.24) is 34.1 Å². The van der Waals surface area contributed by atoms with Gasteiger partial charge in [-0.15, -0.1) is 0 Å². The molecule has 11 heteroatoms. The first-order valence-corrected chi connectivity index (χ1v) is 11.3. The van der Waals surface area contributed by atoms with Gasteiger partial charge in [0.05, 0.1) is 40.9 Å². The van der Waals surface area contributed by atoms with Crippen molar-refractivity contribution in [3.8, 4) is 11.3 Å². The maximum Gasteiger partial charge on any atom is 0.212 e. The van der Waals surface area contributed by atoms with Crippen LogP contribution in [0.15, 0.2) is 37.2 Å². The second kappa shape index (κ2) is 8.86. The molecule has 1 atom stereocenters. The van der Waals surface area contributed by atoms with Crippen LogP contribution >= 0.6 is 11.6 Å². The lowest BCUT2D eigenvalue weighted by Crippen LogP contribution is -2.11. The number of halogens is 2. The zero-order chi connectivity index (χ0) is 23.8. The van der Waals surface area contributed by atoms with Crippen LogP contribution in [0.5, 0.6) is 0 Å². The van der Waals surface area contributed by atoms with Crippen LogP contribution in [-0.2, 0) is 4.79 Å². The quantitative estimate of drug-likeness (QED) is 0.347. The van der Waals surface area contributed by atoms with Gasteiger partial charge in [-0.05, 0) is 13.8 Å². The van der Waals surface area contributed by atoms with Gasteiger partial charge in [-0.3, -0.25) is 14.9 Å². The molecule has 1 aromatic carbocycles. The fourth-order valence-electron chi connectivity index (χ4n) is 3.87.